The first-order valence-electron chi connectivity index (χ1n) is 8.98. The van der Waals surface area contributed by atoms with Gasteiger partial charge in [-0.25, -0.2) is 0 Å². The van der Waals surface area contributed by atoms with Crippen LogP contribution in [0.3, 0.4) is 0 Å². The first kappa shape index (κ1) is 18.3. The number of ketones is 1. The largest absolute Gasteiger partial charge is 0.412 e. The third-order valence-corrected chi connectivity index (χ3v) is 10.4. The summed E-state index contributed by atoms with van der Waals surface area (Å²) in [4.78, 5) is 12.7. The quantitative estimate of drug-likeness (QED) is 0.586. The maximum atomic E-state index is 12.7. The zero-order valence-corrected chi connectivity index (χ0v) is 16.6. The summed E-state index contributed by atoms with van der Waals surface area (Å²) in [5.74, 6) is -0.0234. The summed E-state index contributed by atoms with van der Waals surface area (Å²) in [6, 6.07) is 0. The van der Waals surface area contributed by atoms with Gasteiger partial charge in [0.05, 0.1) is 12.7 Å². The van der Waals surface area contributed by atoms with Crippen LogP contribution in [0.2, 0.25) is 18.1 Å². The summed E-state index contributed by atoms with van der Waals surface area (Å²) in [6.45, 7) is 13.2. The van der Waals surface area contributed by atoms with Crippen LogP contribution in [0, 0.1) is 0 Å². The number of aliphatic hydroxyl groups excluding tert-OH is 1. The molecule has 0 unspecified atom stereocenters. The van der Waals surface area contributed by atoms with Crippen LogP contribution in [0.1, 0.15) is 40.5 Å². The van der Waals surface area contributed by atoms with Crippen molar-refractivity contribution < 1.29 is 23.8 Å². The predicted molar refractivity (Wildman–Crippen MR) is 93.4 cm³/mol. The van der Waals surface area contributed by atoms with Gasteiger partial charge in [-0.1, -0.05) is 34.1 Å². The Kier molecular flexibility index (Phi) is 4.58. The Bertz CT molecular complexity index is 562. The van der Waals surface area contributed by atoms with Gasteiger partial charge in [0.2, 0.25) is 0 Å². The van der Waals surface area contributed by atoms with Crippen molar-refractivity contribution in [3.63, 3.8) is 0 Å². The first-order chi connectivity index (χ1) is 11.1. The van der Waals surface area contributed by atoms with E-state index in [9.17, 15) is 9.90 Å². The number of ether oxygens (including phenoxy) is 2. The van der Waals surface area contributed by atoms with Gasteiger partial charge in [-0.3, -0.25) is 4.79 Å². The van der Waals surface area contributed by atoms with E-state index >= 15 is 0 Å². The number of hydrogen-bond donors (Lipinski definition) is 1. The van der Waals surface area contributed by atoms with Crippen LogP contribution >= 0.6 is 0 Å². The number of epoxide rings is 2. The standard InChI is InChI=1S/C18H30O5Si/c1-7-8-11-15(22-11)12-10(9-21-24(5,6)18(2,3)4)13(19)16-17(23-16)14(12)20/h11,14-17,20H,7-9H2,1-6H3/t11-,14+,15+,16+,17-/m0/s1. The minimum absolute atomic E-state index is 0.0234. The molecule has 3 rings (SSSR count). The summed E-state index contributed by atoms with van der Waals surface area (Å²) in [6.07, 6.45) is 0.341. The minimum Gasteiger partial charge on any atom is -0.412 e. The molecule has 0 aromatic rings. The molecule has 2 fully saturated rings. The molecule has 6 heteroatoms. The van der Waals surface area contributed by atoms with Gasteiger partial charge >= 0.3 is 0 Å². The summed E-state index contributed by atoms with van der Waals surface area (Å²) in [5.41, 5.74) is 1.31. The molecule has 5 atom stereocenters. The van der Waals surface area contributed by atoms with Gasteiger partial charge in [0.15, 0.2) is 14.1 Å². The number of Topliss-reactive ketones (excluding diaryl/α,β-unsaturated/α-hetero) is 1. The van der Waals surface area contributed by atoms with Crippen LogP contribution in [0.5, 0.6) is 0 Å². The van der Waals surface area contributed by atoms with Crippen LogP contribution in [0.15, 0.2) is 11.1 Å². The second-order valence-electron chi connectivity index (χ2n) is 8.70. The molecule has 1 N–H and O–H groups in total. The smallest absolute Gasteiger partial charge is 0.192 e. The fourth-order valence-corrected chi connectivity index (χ4v) is 4.07. The summed E-state index contributed by atoms with van der Waals surface area (Å²) >= 11 is 0. The molecule has 1 aliphatic carbocycles. The van der Waals surface area contributed by atoms with Gasteiger partial charge in [0.25, 0.3) is 0 Å². The maximum absolute atomic E-state index is 12.7. The van der Waals surface area contributed by atoms with Crippen LogP contribution in [-0.4, -0.2) is 56.3 Å². The molecule has 2 aliphatic heterocycles. The molecule has 2 saturated heterocycles. The van der Waals surface area contributed by atoms with E-state index in [1.807, 2.05) is 0 Å². The molecule has 0 amide bonds. The van der Waals surface area contributed by atoms with Crippen LogP contribution in [-0.2, 0) is 18.7 Å². The molecular weight excluding hydrogens is 324 g/mol. The second-order valence-corrected chi connectivity index (χ2v) is 13.5. The average Bonchev–Trinajstić information content (AvgIpc) is 3.34. The van der Waals surface area contributed by atoms with Gasteiger partial charge in [0, 0.05) is 11.1 Å². The number of carbonyl (C=O) groups excluding carboxylic acids is 1. The third kappa shape index (κ3) is 3.15. The van der Waals surface area contributed by atoms with Crippen molar-refractivity contribution in [1.29, 1.82) is 0 Å². The van der Waals surface area contributed by atoms with Crippen molar-refractivity contribution in [1.82, 2.24) is 0 Å². The minimum atomic E-state index is -1.97. The van der Waals surface area contributed by atoms with Crippen molar-refractivity contribution in [3.8, 4) is 0 Å². The lowest BCUT2D eigenvalue weighted by Crippen LogP contribution is -2.43. The van der Waals surface area contributed by atoms with E-state index in [1.54, 1.807) is 0 Å². The lowest BCUT2D eigenvalue weighted by molar-refractivity contribution is -0.117. The van der Waals surface area contributed by atoms with Crippen LogP contribution < -0.4 is 0 Å². The Morgan fingerprint density at radius 1 is 1.21 bits per heavy atom. The molecule has 0 saturated carbocycles. The van der Waals surface area contributed by atoms with Gasteiger partial charge in [-0.05, 0) is 24.6 Å². The lowest BCUT2D eigenvalue weighted by atomic mass is 9.85. The van der Waals surface area contributed by atoms with E-state index in [1.165, 1.54) is 0 Å². The molecule has 24 heavy (non-hydrogen) atoms. The van der Waals surface area contributed by atoms with E-state index in [0.717, 1.165) is 18.4 Å². The van der Waals surface area contributed by atoms with Gasteiger partial charge in [0.1, 0.15) is 24.4 Å². The van der Waals surface area contributed by atoms with Crippen molar-refractivity contribution >= 4 is 14.1 Å². The molecule has 3 aliphatic rings. The average molecular weight is 355 g/mol. The highest BCUT2D eigenvalue weighted by Crippen LogP contribution is 2.46. The zero-order valence-electron chi connectivity index (χ0n) is 15.6. The van der Waals surface area contributed by atoms with Crippen LogP contribution in [0.4, 0.5) is 0 Å². The zero-order chi connectivity index (χ0) is 17.9. The predicted octanol–water partition coefficient (Wildman–Crippen LogP) is 2.58. The Labute approximate surface area is 145 Å². The summed E-state index contributed by atoms with van der Waals surface area (Å²) in [7, 11) is -1.97. The fraction of sp³-hybridized carbons (Fsp3) is 0.833. The molecule has 0 spiro atoms. The Balaban J connectivity index is 1.82. The number of carbonyl (C=O) groups is 1. The molecule has 5 nitrogen and oxygen atoms in total. The Morgan fingerprint density at radius 3 is 2.46 bits per heavy atom. The van der Waals surface area contributed by atoms with Gasteiger partial charge in [-0.2, -0.15) is 0 Å². The Morgan fingerprint density at radius 2 is 1.88 bits per heavy atom. The Hall–Kier alpha value is -0.533. The van der Waals surface area contributed by atoms with E-state index in [4.69, 9.17) is 13.9 Å². The highest BCUT2D eigenvalue weighted by molar-refractivity contribution is 6.74. The van der Waals surface area contributed by atoms with E-state index < -0.39 is 20.5 Å². The maximum Gasteiger partial charge on any atom is 0.192 e. The van der Waals surface area contributed by atoms with Gasteiger partial charge in [-0.15, -0.1) is 0 Å². The number of rotatable bonds is 6. The normalized spacial score (nSPS) is 36.0. The summed E-state index contributed by atoms with van der Waals surface area (Å²) < 4.78 is 17.4. The van der Waals surface area contributed by atoms with Crippen molar-refractivity contribution in [2.24, 2.45) is 0 Å². The molecular formula is C18H30O5Si. The molecule has 136 valence electrons. The monoisotopic (exact) mass is 354 g/mol. The first-order valence-corrected chi connectivity index (χ1v) is 11.9. The molecule has 2 heterocycles. The van der Waals surface area contributed by atoms with Crippen molar-refractivity contribution in [2.45, 2.75) is 89.2 Å². The van der Waals surface area contributed by atoms with E-state index in [-0.39, 0.29) is 35.7 Å². The number of hydrogen-bond acceptors (Lipinski definition) is 5. The summed E-state index contributed by atoms with van der Waals surface area (Å²) in [5, 5.41) is 10.7. The molecule has 0 radical (unpaired) electrons. The molecule has 0 bridgehead atoms. The lowest BCUT2D eigenvalue weighted by Gasteiger charge is -2.36. The van der Waals surface area contributed by atoms with E-state index in [2.05, 4.69) is 40.8 Å². The highest BCUT2D eigenvalue weighted by atomic mass is 28.4. The number of aliphatic hydroxyl groups is 1. The van der Waals surface area contributed by atoms with Crippen molar-refractivity contribution in [3.05, 3.63) is 11.1 Å². The SMILES string of the molecule is CCC[C@@H]1O[C@H]1C1=C(CO[Si](C)(C)C(C)(C)C)C(=O)[C@H]2O[C@H]2[C@@H]1O. The topological polar surface area (TPSA) is 71.6 Å². The third-order valence-electron chi connectivity index (χ3n) is 5.91. The highest BCUT2D eigenvalue weighted by Gasteiger charge is 2.60. The fourth-order valence-electron chi connectivity index (χ4n) is 3.13. The second kappa shape index (κ2) is 6.02. The number of fused-ring (bicyclic) bond motifs is 1. The molecule has 0 aromatic heterocycles. The molecule has 0 aromatic carbocycles. The van der Waals surface area contributed by atoms with Crippen LogP contribution in [0.25, 0.3) is 0 Å². The van der Waals surface area contributed by atoms with Gasteiger partial charge < -0.3 is 19.0 Å². The van der Waals surface area contributed by atoms with Crippen molar-refractivity contribution in [2.75, 3.05) is 6.61 Å². The van der Waals surface area contributed by atoms with E-state index in [0.29, 0.717) is 5.57 Å².